The maximum absolute atomic E-state index is 12.7. The summed E-state index contributed by atoms with van der Waals surface area (Å²) in [5.74, 6) is 0.0926. The van der Waals surface area contributed by atoms with E-state index < -0.39 is 0 Å². The van der Waals surface area contributed by atoms with E-state index in [0.717, 1.165) is 25.7 Å². The molecule has 1 N–H and O–H groups in total. The number of para-hydroxylation sites is 2. The molecule has 2 aliphatic rings. The Balaban J connectivity index is 1.32. The number of amides is 1. The number of nitrogens with zero attached hydrogens (tertiary/aromatic N) is 2. The molecule has 0 bridgehead atoms. The third-order valence-corrected chi connectivity index (χ3v) is 6.13. The van der Waals surface area contributed by atoms with Crippen LogP contribution in [0, 0.1) is 16.0 Å². The van der Waals surface area contributed by atoms with Crippen molar-refractivity contribution >= 4 is 17.3 Å². The van der Waals surface area contributed by atoms with Crippen molar-refractivity contribution in [2.45, 2.75) is 31.1 Å². The number of nitrogens with one attached hydrogen (secondary N) is 1. The minimum atomic E-state index is -0.340. The zero-order valence-corrected chi connectivity index (χ0v) is 15.8. The van der Waals surface area contributed by atoms with E-state index in [2.05, 4.69) is 29.6 Å². The Morgan fingerprint density at radius 2 is 1.71 bits per heavy atom. The third kappa shape index (κ3) is 3.72. The van der Waals surface area contributed by atoms with Crippen molar-refractivity contribution < 1.29 is 9.72 Å². The summed E-state index contributed by atoms with van der Waals surface area (Å²) in [7, 11) is 0. The van der Waals surface area contributed by atoms with Crippen LogP contribution in [0.1, 0.15) is 31.2 Å². The number of rotatable bonds is 6. The van der Waals surface area contributed by atoms with Crippen LogP contribution < -0.4 is 10.2 Å². The molecule has 6 heteroatoms. The van der Waals surface area contributed by atoms with Crippen LogP contribution in [0.4, 0.5) is 11.4 Å². The molecule has 2 aromatic rings. The molecule has 0 unspecified atom stereocenters. The second-order valence-electron chi connectivity index (χ2n) is 7.87. The van der Waals surface area contributed by atoms with Gasteiger partial charge in [-0.2, -0.15) is 0 Å². The van der Waals surface area contributed by atoms with E-state index in [1.807, 2.05) is 17.0 Å². The first kappa shape index (κ1) is 18.5. The van der Waals surface area contributed by atoms with Gasteiger partial charge in [0.1, 0.15) is 5.69 Å². The molecule has 6 nitrogen and oxygen atoms in total. The molecule has 1 saturated carbocycles. The summed E-state index contributed by atoms with van der Waals surface area (Å²) in [5.41, 5.74) is 2.19. The minimum Gasteiger partial charge on any atom is -0.366 e. The van der Waals surface area contributed by atoms with Crippen molar-refractivity contribution in [1.82, 2.24) is 5.32 Å². The Hall–Kier alpha value is -2.89. The number of carbonyl (C=O) groups excluding carboxylic acids is 1. The van der Waals surface area contributed by atoms with Crippen LogP contribution in [0.2, 0.25) is 0 Å². The van der Waals surface area contributed by atoms with Crippen LogP contribution in [-0.4, -0.2) is 30.5 Å². The SMILES string of the molecule is O=C(NCC1(c2ccccc2)CC1)C1CCN(c2ccccc2[N+](=O)[O-])CC1. The summed E-state index contributed by atoms with van der Waals surface area (Å²) >= 11 is 0. The van der Waals surface area contributed by atoms with Crippen molar-refractivity contribution in [3.63, 3.8) is 0 Å². The minimum absolute atomic E-state index is 0.0226. The fourth-order valence-electron chi connectivity index (χ4n) is 4.18. The lowest BCUT2D eigenvalue weighted by Crippen LogP contribution is -2.42. The third-order valence-electron chi connectivity index (χ3n) is 6.13. The Morgan fingerprint density at radius 1 is 1.07 bits per heavy atom. The van der Waals surface area contributed by atoms with E-state index in [0.29, 0.717) is 25.3 Å². The van der Waals surface area contributed by atoms with E-state index in [9.17, 15) is 14.9 Å². The van der Waals surface area contributed by atoms with Crippen molar-refractivity contribution in [3.05, 3.63) is 70.3 Å². The highest BCUT2D eigenvalue weighted by atomic mass is 16.6. The molecule has 28 heavy (non-hydrogen) atoms. The number of benzene rings is 2. The van der Waals surface area contributed by atoms with E-state index in [4.69, 9.17) is 0 Å². The summed E-state index contributed by atoms with van der Waals surface area (Å²) in [5, 5.41) is 14.4. The highest BCUT2D eigenvalue weighted by molar-refractivity contribution is 5.79. The van der Waals surface area contributed by atoms with Gasteiger partial charge in [0.2, 0.25) is 5.91 Å². The fourth-order valence-corrected chi connectivity index (χ4v) is 4.18. The molecular weight excluding hydrogens is 354 g/mol. The first-order valence-electron chi connectivity index (χ1n) is 9.91. The van der Waals surface area contributed by atoms with Crippen LogP contribution in [0.3, 0.4) is 0 Å². The lowest BCUT2D eigenvalue weighted by atomic mass is 9.93. The van der Waals surface area contributed by atoms with Crippen LogP contribution in [0.25, 0.3) is 0 Å². The standard InChI is InChI=1S/C22H25N3O3/c26-21(23-16-22(12-13-22)18-6-2-1-3-7-18)17-10-14-24(15-11-17)19-8-4-5-9-20(19)25(27)28/h1-9,17H,10-16H2,(H,23,26). The van der Waals surface area contributed by atoms with Gasteiger partial charge in [-0.25, -0.2) is 0 Å². The lowest BCUT2D eigenvalue weighted by Gasteiger charge is -2.33. The fraction of sp³-hybridized carbons (Fsp3) is 0.409. The average molecular weight is 379 g/mol. The monoisotopic (exact) mass is 379 g/mol. The molecule has 1 aliphatic carbocycles. The smallest absolute Gasteiger partial charge is 0.292 e. The second-order valence-corrected chi connectivity index (χ2v) is 7.87. The van der Waals surface area contributed by atoms with E-state index in [1.54, 1.807) is 12.1 Å². The molecule has 146 valence electrons. The summed E-state index contributed by atoms with van der Waals surface area (Å²) in [4.78, 5) is 25.6. The predicted octanol–water partition coefficient (Wildman–Crippen LogP) is 3.66. The zero-order valence-electron chi connectivity index (χ0n) is 15.8. The van der Waals surface area contributed by atoms with Gasteiger partial charge in [0.25, 0.3) is 5.69 Å². The maximum Gasteiger partial charge on any atom is 0.292 e. The number of nitro groups is 1. The van der Waals surface area contributed by atoms with Crippen LogP contribution >= 0.6 is 0 Å². The second kappa shape index (κ2) is 7.62. The largest absolute Gasteiger partial charge is 0.366 e. The van der Waals surface area contributed by atoms with Gasteiger partial charge in [0.15, 0.2) is 0 Å². The Labute approximate surface area is 164 Å². The number of carbonyl (C=O) groups is 1. The predicted molar refractivity (Wildman–Crippen MR) is 108 cm³/mol. The molecule has 0 atom stereocenters. The number of nitro benzene ring substituents is 1. The van der Waals surface area contributed by atoms with Crippen LogP contribution in [0.15, 0.2) is 54.6 Å². The normalized spacial score (nSPS) is 18.5. The van der Waals surface area contributed by atoms with Crippen LogP contribution in [0.5, 0.6) is 0 Å². The molecule has 1 amide bonds. The first-order chi connectivity index (χ1) is 13.6. The molecule has 4 rings (SSSR count). The van der Waals surface area contributed by atoms with Gasteiger partial charge in [-0.15, -0.1) is 0 Å². The Bertz CT molecular complexity index is 856. The highest BCUT2D eigenvalue weighted by Gasteiger charge is 2.44. The van der Waals surface area contributed by atoms with Gasteiger partial charge in [0.05, 0.1) is 4.92 Å². The number of hydrogen-bond acceptors (Lipinski definition) is 4. The van der Waals surface area contributed by atoms with Crippen LogP contribution in [-0.2, 0) is 10.2 Å². The van der Waals surface area contributed by atoms with Gasteiger partial charge in [0, 0.05) is 37.0 Å². The van der Waals surface area contributed by atoms with Crippen molar-refractivity contribution in [1.29, 1.82) is 0 Å². The number of piperidine rings is 1. The van der Waals surface area contributed by atoms with E-state index in [-0.39, 0.29) is 27.9 Å². The molecule has 1 heterocycles. The lowest BCUT2D eigenvalue weighted by molar-refractivity contribution is -0.384. The first-order valence-corrected chi connectivity index (χ1v) is 9.91. The van der Waals surface area contributed by atoms with Crippen molar-refractivity contribution in [2.75, 3.05) is 24.5 Å². The Morgan fingerprint density at radius 3 is 2.36 bits per heavy atom. The summed E-state index contributed by atoms with van der Waals surface area (Å²) < 4.78 is 0. The summed E-state index contributed by atoms with van der Waals surface area (Å²) in [6, 6.07) is 17.2. The molecule has 0 spiro atoms. The molecular formula is C22H25N3O3. The molecule has 2 fully saturated rings. The van der Waals surface area contributed by atoms with Gasteiger partial charge < -0.3 is 10.2 Å². The maximum atomic E-state index is 12.7. The molecule has 0 aromatic heterocycles. The number of hydrogen-bond donors (Lipinski definition) is 1. The molecule has 1 aliphatic heterocycles. The van der Waals surface area contributed by atoms with Crippen molar-refractivity contribution in [2.24, 2.45) is 5.92 Å². The average Bonchev–Trinajstić information content (AvgIpc) is 3.54. The van der Waals surface area contributed by atoms with Gasteiger partial charge in [-0.3, -0.25) is 14.9 Å². The van der Waals surface area contributed by atoms with Crippen molar-refractivity contribution in [3.8, 4) is 0 Å². The molecule has 0 radical (unpaired) electrons. The summed E-state index contributed by atoms with van der Waals surface area (Å²) in [6.07, 6.45) is 3.67. The topological polar surface area (TPSA) is 75.5 Å². The molecule has 2 aromatic carbocycles. The van der Waals surface area contributed by atoms with E-state index in [1.165, 1.54) is 11.6 Å². The van der Waals surface area contributed by atoms with E-state index >= 15 is 0 Å². The Kier molecular flexibility index (Phi) is 5.03. The summed E-state index contributed by atoms with van der Waals surface area (Å²) in [6.45, 7) is 2.01. The number of anilines is 1. The zero-order chi connectivity index (χ0) is 19.6. The van der Waals surface area contributed by atoms with Gasteiger partial charge in [-0.05, 0) is 37.3 Å². The van der Waals surface area contributed by atoms with Gasteiger partial charge in [-0.1, -0.05) is 42.5 Å². The quantitative estimate of drug-likeness (QED) is 0.614. The highest BCUT2D eigenvalue weighted by Crippen LogP contribution is 2.47. The van der Waals surface area contributed by atoms with Gasteiger partial charge >= 0.3 is 0 Å². The molecule has 1 saturated heterocycles.